The predicted octanol–water partition coefficient (Wildman–Crippen LogP) is 1.40. The molecule has 0 amide bonds. The van der Waals surface area contributed by atoms with Gasteiger partial charge in [0.1, 0.15) is 18.0 Å². The standard InChI is InChI=1S/C13H18N6/c1-10(14)8-19(2)13-6-12(16-9-17-13)18-11-4-3-5-15-7-11/h3-7,9-10H,8,14H2,1-2H3,(H,16,17,18). The molecule has 0 aliphatic heterocycles. The van der Waals surface area contributed by atoms with Crippen LogP contribution in [0.2, 0.25) is 0 Å². The molecule has 1 atom stereocenters. The highest BCUT2D eigenvalue weighted by molar-refractivity contribution is 5.58. The van der Waals surface area contributed by atoms with Crippen LogP contribution in [0.25, 0.3) is 0 Å². The maximum absolute atomic E-state index is 5.78. The Morgan fingerprint density at radius 3 is 2.95 bits per heavy atom. The zero-order valence-electron chi connectivity index (χ0n) is 11.1. The van der Waals surface area contributed by atoms with E-state index >= 15 is 0 Å². The van der Waals surface area contributed by atoms with Gasteiger partial charge in [0.05, 0.1) is 11.9 Å². The number of pyridine rings is 1. The third kappa shape index (κ3) is 3.89. The Morgan fingerprint density at radius 1 is 1.42 bits per heavy atom. The van der Waals surface area contributed by atoms with E-state index in [9.17, 15) is 0 Å². The summed E-state index contributed by atoms with van der Waals surface area (Å²) >= 11 is 0. The maximum Gasteiger partial charge on any atom is 0.135 e. The van der Waals surface area contributed by atoms with Crippen LogP contribution in [0.15, 0.2) is 36.9 Å². The Hall–Kier alpha value is -2.21. The van der Waals surface area contributed by atoms with Gasteiger partial charge in [0.2, 0.25) is 0 Å². The fourth-order valence-electron chi connectivity index (χ4n) is 1.73. The summed E-state index contributed by atoms with van der Waals surface area (Å²) in [4.78, 5) is 14.5. The fourth-order valence-corrected chi connectivity index (χ4v) is 1.73. The Balaban J connectivity index is 2.11. The lowest BCUT2D eigenvalue weighted by molar-refractivity contribution is 0.711. The summed E-state index contributed by atoms with van der Waals surface area (Å²) in [7, 11) is 1.96. The molecular formula is C13H18N6. The molecule has 0 bridgehead atoms. The first kappa shape index (κ1) is 13.2. The van der Waals surface area contributed by atoms with Crippen molar-refractivity contribution in [3.05, 3.63) is 36.9 Å². The van der Waals surface area contributed by atoms with Crippen molar-refractivity contribution < 1.29 is 0 Å². The second kappa shape index (κ2) is 6.10. The summed E-state index contributed by atoms with van der Waals surface area (Å²) in [5, 5.41) is 3.18. The summed E-state index contributed by atoms with van der Waals surface area (Å²) in [6, 6.07) is 5.78. The lowest BCUT2D eigenvalue weighted by Gasteiger charge is -2.20. The molecule has 0 radical (unpaired) electrons. The quantitative estimate of drug-likeness (QED) is 0.844. The van der Waals surface area contributed by atoms with E-state index in [1.807, 2.05) is 37.1 Å². The molecule has 6 heteroatoms. The topological polar surface area (TPSA) is 80.0 Å². The molecule has 0 aliphatic carbocycles. The van der Waals surface area contributed by atoms with Crippen LogP contribution in [-0.4, -0.2) is 34.6 Å². The summed E-state index contributed by atoms with van der Waals surface area (Å²) in [6.45, 7) is 2.70. The smallest absolute Gasteiger partial charge is 0.135 e. The van der Waals surface area contributed by atoms with E-state index < -0.39 is 0 Å². The minimum absolute atomic E-state index is 0.0923. The third-order valence-corrected chi connectivity index (χ3v) is 2.54. The van der Waals surface area contributed by atoms with Crippen LogP contribution < -0.4 is 16.0 Å². The summed E-state index contributed by atoms with van der Waals surface area (Å²) < 4.78 is 0. The monoisotopic (exact) mass is 258 g/mol. The van der Waals surface area contributed by atoms with Crippen molar-refractivity contribution in [3.63, 3.8) is 0 Å². The lowest BCUT2D eigenvalue weighted by atomic mass is 10.3. The first-order valence-electron chi connectivity index (χ1n) is 6.11. The first-order chi connectivity index (χ1) is 9.15. The van der Waals surface area contributed by atoms with E-state index in [1.165, 1.54) is 6.33 Å². The summed E-state index contributed by atoms with van der Waals surface area (Å²) in [5.74, 6) is 1.56. The normalized spacial score (nSPS) is 11.9. The van der Waals surface area contributed by atoms with Crippen LogP contribution in [0, 0.1) is 0 Å². The first-order valence-corrected chi connectivity index (χ1v) is 6.11. The van der Waals surface area contributed by atoms with Crippen LogP contribution in [0.3, 0.4) is 0 Å². The Labute approximate surface area is 112 Å². The molecule has 1 unspecified atom stereocenters. The third-order valence-electron chi connectivity index (χ3n) is 2.54. The number of nitrogens with zero attached hydrogens (tertiary/aromatic N) is 4. The van der Waals surface area contributed by atoms with Crippen molar-refractivity contribution in [2.24, 2.45) is 5.73 Å². The van der Waals surface area contributed by atoms with Crippen molar-refractivity contribution in [1.82, 2.24) is 15.0 Å². The molecule has 2 heterocycles. The molecule has 3 N–H and O–H groups in total. The molecule has 0 fully saturated rings. The SMILES string of the molecule is CC(N)CN(C)c1cc(Nc2cccnc2)ncn1. The average Bonchev–Trinajstić information content (AvgIpc) is 2.39. The minimum atomic E-state index is 0.0923. The zero-order valence-corrected chi connectivity index (χ0v) is 11.1. The number of nitrogens with one attached hydrogen (secondary N) is 1. The number of hydrogen-bond acceptors (Lipinski definition) is 6. The maximum atomic E-state index is 5.78. The number of nitrogens with two attached hydrogens (primary N) is 1. The number of hydrogen-bond donors (Lipinski definition) is 2. The van der Waals surface area contributed by atoms with E-state index in [0.29, 0.717) is 0 Å². The second-order valence-corrected chi connectivity index (χ2v) is 4.49. The predicted molar refractivity (Wildman–Crippen MR) is 76.5 cm³/mol. The molecule has 19 heavy (non-hydrogen) atoms. The van der Waals surface area contributed by atoms with Crippen LogP contribution in [0.5, 0.6) is 0 Å². The number of rotatable bonds is 5. The molecule has 0 saturated carbocycles. The van der Waals surface area contributed by atoms with Gasteiger partial charge in [-0.05, 0) is 19.1 Å². The van der Waals surface area contributed by atoms with Gasteiger partial charge in [-0.3, -0.25) is 4.98 Å². The lowest BCUT2D eigenvalue weighted by Crippen LogP contribution is -2.33. The van der Waals surface area contributed by atoms with Crippen LogP contribution >= 0.6 is 0 Å². The van der Waals surface area contributed by atoms with Crippen LogP contribution in [0.4, 0.5) is 17.3 Å². The van der Waals surface area contributed by atoms with E-state index in [1.54, 1.807) is 12.4 Å². The van der Waals surface area contributed by atoms with Gasteiger partial charge in [0, 0.05) is 31.9 Å². The van der Waals surface area contributed by atoms with Gasteiger partial charge < -0.3 is 16.0 Å². The van der Waals surface area contributed by atoms with Crippen molar-refractivity contribution >= 4 is 17.3 Å². The molecule has 0 spiro atoms. The van der Waals surface area contributed by atoms with Gasteiger partial charge in [-0.15, -0.1) is 0 Å². The van der Waals surface area contributed by atoms with Crippen molar-refractivity contribution in [2.75, 3.05) is 23.8 Å². The van der Waals surface area contributed by atoms with Crippen molar-refractivity contribution in [2.45, 2.75) is 13.0 Å². The highest BCUT2D eigenvalue weighted by Crippen LogP contribution is 2.16. The van der Waals surface area contributed by atoms with Crippen LogP contribution in [-0.2, 0) is 0 Å². The molecule has 2 aromatic heterocycles. The highest BCUT2D eigenvalue weighted by Gasteiger charge is 2.06. The minimum Gasteiger partial charge on any atom is -0.358 e. The number of anilines is 3. The van der Waals surface area contributed by atoms with Crippen molar-refractivity contribution in [1.29, 1.82) is 0 Å². The Bertz CT molecular complexity index is 514. The summed E-state index contributed by atoms with van der Waals surface area (Å²) in [5.41, 5.74) is 6.67. The molecule has 6 nitrogen and oxygen atoms in total. The number of aromatic nitrogens is 3. The second-order valence-electron chi connectivity index (χ2n) is 4.49. The molecule has 0 aromatic carbocycles. The molecule has 2 aromatic rings. The highest BCUT2D eigenvalue weighted by atomic mass is 15.2. The van der Waals surface area contributed by atoms with Gasteiger partial charge in [-0.1, -0.05) is 0 Å². The fraction of sp³-hybridized carbons (Fsp3) is 0.308. The van der Waals surface area contributed by atoms with Gasteiger partial charge in [0.25, 0.3) is 0 Å². The van der Waals surface area contributed by atoms with E-state index in [4.69, 9.17) is 5.73 Å². The van der Waals surface area contributed by atoms with Gasteiger partial charge >= 0.3 is 0 Å². The largest absolute Gasteiger partial charge is 0.358 e. The Kier molecular flexibility index (Phi) is 4.25. The van der Waals surface area contributed by atoms with Gasteiger partial charge in [0.15, 0.2) is 0 Å². The molecule has 100 valence electrons. The molecule has 0 saturated heterocycles. The zero-order chi connectivity index (χ0) is 13.7. The van der Waals surface area contributed by atoms with E-state index in [0.717, 1.165) is 23.9 Å². The van der Waals surface area contributed by atoms with Gasteiger partial charge in [-0.25, -0.2) is 9.97 Å². The Morgan fingerprint density at radius 2 is 2.26 bits per heavy atom. The van der Waals surface area contributed by atoms with Crippen molar-refractivity contribution in [3.8, 4) is 0 Å². The van der Waals surface area contributed by atoms with E-state index in [2.05, 4.69) is 20.3 Å². The average molecular weight is 258 g/mol. The van der Waals surface area contributed by atoms with E-state index in [-0.39, 0.29) is 6.04 Å². The summed E-state index contributed by atoms with van der Waals surface area (Å²) in [6.07, 6.45) is 5.01. The van der Waals surface area contributed by atoms with Crippen LogP contribution in [0.1, 0.15) is 6.92 Å². The van der Waals surface area contributed by atoms with Gasteiger partial charge in [-0.2, -0.15) is 0 Å². The molecule has 0 aliphatic rings. The molecular weight excluding hydrogens is 240 g/mol. The molecule has 2 rings (SSSR count). The number of likely N-dealkylation sites (N-methyl/N-ethyl adjacent to an activating group) is 1.